The monoisotopic (exact) mass is 251 g/mol. The molecule has 0 spiro atoms. The van der Waals surface area contributed by atoms with Crippen LogP contribution >= 0.6 is 11.6 Å². The highest BCUT2D eigenvalue weighted by molar-refractivity contribution is 6.31. The van der Waals surface area contributed by atoms with Gasteiger partial charge < -0.3 is 10.8 Å². The highest BCUT2D eigenvalue weighted by Gasteiger charge is 2.08. The van der Waals surface area contributed by atoms with Gasteiger partial charge in [-0.25, -0.2) is 4.68 Å². The van der Waals surface area contributed by atoms with Crippen molar-refractivity contribution < 1.29 is 5.11 Å². The minimum atomic E-state index is 0.0714. The maximum atomic E-state index is 8.87. The second-order valence-corrected chi connectivity index (χ2v) is 4.18. The quantitative estimate of drug-likeness (QED) is 0.869. The van der Waals surface area contributed by atoms with E-state index in [1.807, 2.05) is 24.3 Å². The van der Waals surface area contributed by atoms with Gasteiger partial charge in [0.25, 0.3) is 0 Å². The smallest absolute Gasteiger partial charge is 0.125 e. The molecule has 0 aliphatic heterocycles. The lowest BCUT2D eigenvalue weighted by Gasteiger charge is -2.06. The third-order valence-electron chi connectivity index (χ3n) is 2.62. The Morgan fingerprint density at radius 1 is 1.29 bits per heavy atom. The van der Waals surface area contributed by atoms with Crippen molar-refractivity contribution in [2.24, 2.45) is 0 Å². The minimum Gasteiger partial charge on any atom is -0.396 e. The van der Waals surface area contributed by atoms with Gasteiger partial charge in [-0.15, -0.1) is 0 Å². The van der Waals surface area contributed by atoms with Gasteiger partial charge in [0, 0.05) is 23.6 Å². The molecule has 4 nitrogen and oxygen atoms in total. The zero-order valence-electron chi connectivity index (χ0n) is 9.31. The van der Waals surface area contributed by atoms with Crippen LogP contribution in [0.4, 0.5) is 5.82 Å². The van der Waals surface area contributed by atoms with E-state index in [0.29, 0.717) is 23.8 Å². The molecule has 2 aromatic rings. The number of aliphatic hydroxyl groups is 1. The predicted molar refractivity (Wildman–Crippen MR) is 68.0 cm³/mol. The molecule has 0 unspecified atom stereocenters. The van der Waals surface area contributed by atoms with Crippen LogP contribution in [0.3, 0.4) is 0 Å². The lowest BCUT2D eigenvalue weighted by molar-refractivity contribution is 0.300. The molecular formula is C12H14ClN3O. The van der Waals surface area contributed by atoms with Gasteiger partial charge >= 0.3 is 0 Å². The molecule has 0 aliphatic carbocycles. The Bertz CT molecular complexity index is 510. The van der Waals surface area contributed by atoms with E-state index in [2.05, 4.69) is 5.10 Å². The lowest BCUT2D eigenvalue weighted by Crippen LogP contribution is -2.07. The van der Waals surface area contributed by atoms with E-state index in [4.69, 9.17) is 22.4 Å². The summed E-state index contributed by atoms with van der Waals surface area (Å²) in [5.41, 5.74) is 7.77. The third-order valence-corrected chi connectivity index (χ3v) is 2.99. The van der Waals surface area contributed by atoms with Crippen LogP contribution in [0.5, 0.6) is 0 Å². The summed E-state index contributed by atoms with van der Waals surface area (Å²) in [6.07, 6.45) is 2.21. The van der Waals surface area contributed by atoms with Crippen molar-refractivity contribution in [1.82, 2.24) is 9.78 Å². The molecule has 0 saturated heterocycles. The zero-order chi connectivity index (χ0) is 12.3. The van der Waals surface area contributed by atoms with Crippen molar-refractivity contribution >= 4 is 17.4 Å². The number of anilines is 1. The molecular weight excluding hydrogens is 238 g/mol. The molecule has 0 radical (unpaired) electrons. The summed E-state index contributed by atoms with van der Waals surface area (Å²) >= 11 is 6.07. The first-order valence-corrected chi connectivity index (χ1v) is 5.74. The summed E-state index contributed by atoms with van der Waals surface area (Å²) in [6, 6.07) is 7.59. The molecule has 0 atom stereocenters. The van der Waals surface area contributed by atoms with Crippen LogP contribution in [0.15, 0.2) is 30.5 Å². The molecule has 0 aliphatic rings. The van der Waals surface area contributed by atoms with E-state index < -0.39 is 0 Å². The molecule has 1 aromatic heterocycles. The molecule has 0 amide bonds. The third kappa shape index (κ3) is 2.60. The van der Waals surface area contributed by atoms with E-state index in [1.54, 1.807) is 10.9 Å². The Kier molecular flexibility index (Phi) is 3.66. The number of halogens is 1. The molecule has 0 fully saturated rings. The van der Waals surface area contributed by atoms with Crippen molar-refractivity contribution in [1.29, 1.82) is 0 Å². The first kappa shape index (κ1) is 12.0. The topological polar surface area (TPSA) is 64.1 Å². The van der Waals surface area contributed by atoms with Gasteiger partial charge in [0.1, 0.15) is 5.82 Å². The van der Waals surface area contributed by atoms with E-state index >= 15 is 0 Å². The number of aromatic nitrogens is 2. The largest absolute Gasteiger partial charge is 0.396 e. The number of rotatable bonds is 4. The molecule has 5 heteroatoms. The summed E-state index contributed by atoms with van der Waals surface area (Å²) in [7, 11) is 0. The van der Waals surface area contributed by atoms with Crippen LogP contribution in [-0.2, 0) is 13.0 Å². The Hall–Kier alpha value is -1.52. The van der Waals surface area contributed by atoms with E-state index in [9.17, 15) is 0 Å². The standard InChI is InChI=1S/C12H14ClN3O/c13-11-4-2-1-3-10(11)8-16-12(14)9(5-6-17)7-15-16/h1-4,7,17H,5-6,8,14H2. The molecule has 1 heterocycles. The fraction of sp³-hybridized carbons (Fsp3) is 0.250. The van der Waals surface area contributed by atoms with Crippen LogP contribution in [0.2, 0.25) is 5.02 Å². The summed E-state index contributed by atoms with van der Waals surface area (Å²) in [5.74, 6) is 0.582. The van der Waals surface area contributed by atoms with E-state index in [1.165, 1.54) is 0 Å². The molecule has 17 heavy (non-hydrogen) atoms. The van der Waals surface area contributed by atoms with Gasteiger partial charge in [-0.2, -0.15) is 5.10 Å². The average Bonchev–Trinajstić information content (AvgIpc) is 2.65. The highest BCUT2D eigenvalue weighted by Crippen LogP contribution is 2.19. The number of aliphatic hydroxyl groups excluding tert-OH is 1. The highest BCUT2D eigenvalue weighted by atomic mass is 35.5. The molecule has 3 N–H and O–H groups in total. The number of benzene rings is 1. The predicted octanol–water partition coefficient (Wildman–Crippen LogP) is 1.70. The van der Waals surface area contributed by atoms with Gasteiger partial charge in [-0.05, 0) is 11.6 Å². The van der Waals surface area contributed by atoms with Crippen LogP contribution in [-0.4, -0.2) is 21.5 Å². The summed E-state index contributed by atoms with van der Waals surface area (Å²) in [5, 5.41) is 13.8. The van der Waals surface area contributed by atoms with Crippen LogP contribution in [0.1, 0.15) is 11.1 Å². The Morgan fingerprint density at radius 3 is 2.76 bits per heavy atom. The zero-order valence-corrected chi connectivity index (χ0v) is 10.1. The maximum Gasteiger partial charge on any atom is 0.125 e. The van der Waals surface area contributed by atoms with Gasteiger partial charge in [0.2, 0.25) is 0 Å². The van der Waals surface area contributed by atoms with Crippen LogP contribution in [0, 0.1) is 0 Å². The van der Waals surface area contributed by atoms with Gasteiger partial charge in [0.05, 0.1) is 12.7 Å². The normalized spacial score (nSPS) is 10.7. The van der Waals surface area contributed by atoms with Crippen LogP contribution < -0.4 is 5.73 Å². The van der Waals surface area contributed by atoms with Crippen LogP contribution in [0.25, 0.3) is 0 Å². The molecule has 1 aromatic carbocycles. The fourth-order valence-electron chi connectivity index (χ4n) is 1.66. The first-order valence-electron chi connectivity index (χ1n) is 5.37. The summed E-state index contributed by atoms with van der Waals surface area (Å²) < 4.78 is 1.69. The Morgan fingerprint density at radius 2 is 2.06 bits per heavy atom. The molecule has 0 saturated carbocycles. The Balaban J connectivity index is 2.22. The lowest BCUT2D eigenvalue weighted by atomic mass is 10.2. The first-order chi connectivity index (χ1) is 8.22. The number of nitrogen functional groups attached to an aromatic ring is 1. The number of nitrogens with two attached hydrogens (primary N) is 1. The second-order valence-electron chi connectivity index (χ2n) is 3.78. The molecule has 2 rings (SSSR count). The molecule has 0 bridgehead atoms. The van der Waals surface area contributed by atoms with Crippen molar-refractivity contribution in [2.45, 2.75) is 13.0 Å². The van der Waals surface area contributed by atoms with E-state index in [-0.39, 0.29) is 6.61 Å². The van der Waals surface area contributed by atoms with E-state index in [0.717, 1.165) is 11.1 Å². The van der Waals surface area contributed by atoms with Gasteiger partial charge in [-0.1, -0.05) is 29.8 Å². The summed E-state index contributed by atoms with van der Waals surface area (Å²) in [4.78, 5) is 0. The SMILES string of the molecule is Nc1c(CCO)cnn1Cc1ccccc1Cl. The van der Waals surface area contributed by atoms with Gasteiger partial charge in [0.15, 0.2) is 0 Å². The number of hydrogen-bond acceptors (Lipinski definition) is 3. The van der Waals surface area contributed by atoms with Gasteiger partial charge in [-0.3, -0.25) is 0 Å². The van der Waals surface area contributed by atoms with Crippen molar-refractivity contribution in [3.05, 3.63) is 46.6 Å². The Labute approximate surface area is 105 Å². The molecule has 90 valence electrons. The minimum absolute atomic E-state index is 0.0714. The summed E-state index contributed by atoms with van der Waals surface area (Å²) in [6.45, 7) is 0.610. The maximum absolute atomic E-state index is 8.87. The van der Waals surface area contributed by atoms with Crippen molar-refractivity contribution in [3.63, 3.8) is 0 Å². The average molecular weight is 252 g/mol. The van der Waals surface area contributed by atoms with Crippen molar-refractivity contribution in [3.8, 4) is 0 Å². The second kappa shape index (κ2) is 5.21. The number of nitrogens with zero attached hydrogens (tertiary/aromatic N) is 2. The number of hydrogen-bond donors (Lipinski definition) is 2. The fourth-order valence-corrected chi connectivity index (χ4v) is 1.86. The van der Waals surface area contributed by atoms with Crippen molar-refractivity contribution in [2.75, 3.05) is 12.3 Å².